The van der Waals surface area contributed by atoms with E-state index in [0.29, 0.717) is 0 Å². The minimum Gasteiger partial charge on any atom is -0.478 e. The first-order chi connectivity index (χ1) is 9.58. The minimum absolute atomic E-state index is 0.0657. The van der Waals surface area contributed by atoms with Crippen molar-refractivity contribution in [2.45, 2.75) is 13.0 Å². The SMILES string of the molecule is CC(CS(C)(=O)=O)NC(=O)Nc1ccc(Cl)cc1C(=O)O. The summed E-state index contributed by atoms with van der Waals surface area (Å²) in [6.07, 6.45) is 1.06. The number of hydrogen-bond donors (Lipinski definition) is 3. The summed E-state index contributed by atoms with van der Waals surface area (Å²) in [5.74, 6) is -1.45. The van der Waals surface area contributed by atoms with Crippen molar-refractivity contribution in [1.82, 2.24) is 5.32 Å². The fraction of sp³-hybridized carbons (Fsp3) is 0.333. The number of carboxylic acids is 1. The molecule has 0 spiro atoms. The Hall–Kier alpha value is -1.80. The summed E-state index contributed by atoms with van der Waals surface area (Å²) in [5, 5.41) is 14.0. The number of benzene rings is 1. The molecule has 0 fully saturated rings. The number of nitrogens with one attached hydrogen (secondary N) is 2. The Balaban J connectivity index is 2.78. The molecule has 0 saturated heterocycles. The van der Waals surface area contributed by atoms with E-state index in [-0.39, 0.29) is 22.0 Å². The van der Waals surface area contributed by atoms with E-state index >= 15 is 0 Å². The van der Waals surface area contributed by atoms with Gasteiger partial charge in [-0.05, 0) is 25.1 Å². The molecule has 0 bridgehead atoms. The number of carboxylic acid groups (broad SMARTS) is 1. The quantitative estimate of drug-likeness (QED) is 0.757. The molecule has 7 nitrogen and oxygen atoms in total. The third-order valence-electron chi connectivity index (χ3n) is 2.39. The molecular formula is C12H15ClN2O5S. The molecule has 0 aliphatic rings. The average molecular weight is 335 g/mol. The first-order valence-electron chi connectivity index (χ1n) is 5.86. The van der Waals surface area contributed by atoms with Crippen molar-refractivity contribution in [3.63, 3.8) is 0 Å². The van der Waals surface area contributed by atoms with E-state index in [4.69, 9.17) is 16.7 Å². The van der Waals surface area contributed by atoms with Gasteiger partial charge in [-0.25, -0.2) is 18.0 Å². The Morgan fingerprint density at radius 2 is 2.00 bits per heavy atom. The van der Waals surface area contributed by atoms with E-state index in [9.17, 15) is 18.0 Å². The predicted octanol–water partition coefficient (Wildman–Crippen LogP) is 1.59. The van der Waals surface area contributed by atoms with Gasteiger partial charge in [0.05, 0.1) is 17.0 Å². The van der Waals surface area contributed by atoms with Gasteiger partial charge in [-0.1, -0.05) is 11.6 Å². The van der Waals surface area contributed by atoms with Crippen molar-refractivity contribution < 1.29 is 23.1 Å². The maximum Gasteiger partial charge on any atom is 0.337 e. The Morgan fingerprint density at radius 3 is 2.52 bits per heavy atom. The van der Waals surface area contributed by atoms with Crippen molar-refractivity contribution in [2.75, 3.05) is 17.3 Å². The Bertz CT molecular complexity index is 660. The van der Waals surface area contributed by atoms with Crippen molar-refractivity contribution in [1.29, 1.82) is 0 Å². The molecule has 1 rings (SSSR count). The molecule has 21 heavy (non-hydrogen) atoms. The molecule has 0 aliphatic heterocycles. The molecule has 2 amide bonds. The van der Waals surface area contributed by atoms with Gasteiger partial charge in [0.15, 0.2) is 0 Å². The van der Waals surface area contributed by atoms with E-state index in [1.807, 2.05) is 0 Å². The zero-order valence-corrected chi connectivity index (χ0v) is 13.0. The molecule has 1 unspecified atom stereocenters. The lowest BCUT2D eigenvalue weighted by Crippen LogP contribution is -2.40. The lowest BCUT2D eigenvalue weighted by atomic mass is 10.2. The number of carbonyl (C=O) groups excluding carboxylic acids is 1. The number of urea groups is 1. The van der Waals surface area contributed by atoms with E-state index in [1.165, 1.54) is 25.1 Å². The molecule has 0 aliphatic carbocycles. The summed E-state index contributed by atoms with van der Waals surface area (Å²) in [6, 6.07) is 2.69. The Labute approximate surface area is 127 Å². The van der Waals surface area contributed by atoms with Crippen LogP contribution in [-0.4, -0.2) is 43.6 Å². The molecule has 9 heteroatoms. The highest BCUT2D eigenvalue weighted by Crippen LogP contribution is 2.20. The van der Waals surface area contributed by atoms with Crippen LogP contribution in [0.3, 0.4) is 0 Å². The topological polar surface area (TPSA) is 113 Å². The highest BCUT2D eigenvalue weighted by molar-refractivity contribution is 7.90. The summed E-state index contributed by atoms with van der Waals surface area (Å²) >= 11 is 5.70. The monoisotopic (exact) mass is 334 g/mol. The molecule has 0 heterocycles. The van der Waals surface area contributed by atoms with Crippen LogP contribution in [-0.2, 0) is 9.84 Å². The van der Waals surface area contributed by atoms with E-state index < -0.39 is 27.9 Å². The molecule has 1 aromatic rings. The van der Waals surface area contributed by atoms with Gasteiger partial charge in [0.25, 0.3) is 0 Å². The Kier molecular flexibility index (Phi) is 5.56. The second-order valence-electron chi connectivity index (χ2n) is 4.59. The van der Waals surface area contributed by atoms with Gasteiger partial charge in [-0.3, -0.25) is 0 Å². The summed E-state index contributed by atoms with van der Waals surface area (Å²) in [7, 11) is -3.22. The van der Waals surface area contributed by atoms with Gasteiger partial charge >= 0.3 is 12.0 Å². The van der Waals surface area contributed by atoms with Gasteiger partial charge in [-0.2, -0.15) is 0 Å². The van der Waals surface area contributed by atoms with Crippen LogP contribution in [0.15, 0.2) is 18.2 Å². The molecule has 0 saturated carbocycles. The highest BCUT2D eigenvalue weighted by atomic mass is 35.5. The van der Waals surface area contributed by atoms with Crippen LogP contribution in [0, 0.1) is 0 Å². The number of hydrogen-bond acceptors (Lipinski definition) is 4. The minimum atomic E-state index is -3.22. The molecule has 1 atom stereocenters. The largest absolute Gasteiger partial charge is 0.478 e. The van der Waals surface area contributed by atoms with Crippen molar-refractivity contribution in [3.05, 3.63) is 28.8 Å². The standard InChI is InChI=1S/C12H15ClN2O5S/c1-7(6-21(2,19)20)14-12(18)15-10-4-3-8(13)5-9(10)11(16)17/h3-5,7H,6H2,1-2H3,(H,16,17)(H2,14,15,18). The van der Waals surface area contributed by atoms with E-state index in [2.05, 4.69) is 10.6 Å². The normalized spacial score (nSPS) is 12.5. The number of amides is 2. The second kappa shape index (κ2) is 6.77. The van der Waals surface area contributed by atoms with Gasteiger partial charge < -0.3 is 15.7 Å². The maximum absolute atomic E-state index is 11.7. The maximum atomic E-state index is 11.7. The van der Waals surface area contributed by atoms with Crippen LogP contribution in [0.1, 0.15) is 17.3 Å². The van der Waals surface area contributed by atoms with Crippen molar-refractivity contribution in [3.8, 4) is 0 Å². The average Bonchev–Trinajstić information content (AvgIpc) is 2.28. The third kappa shape index (κ3) is 6.01. The Morgan fingerprint density at radius 1 is 1.38 bits per heavy atom. The summed E-state index contributed by atoms with van der Waals surface area (Å²) in [4.78, 5) is 22.8. The summed E-state index contributed by atoms with van der Waals surface area (Å²) in [6.45, 7) is 1.53. The van der Waals surface area contributed by atoms with Gasteiger partial charge in [0.1, 0.15) is 9.84 Å². The molecule has 116 valence electrons. The molecule has 0 radical (unpaired) electrons. The van der Waals surface area contributed by atoms with Gasteiger partial charge in [0, 0.05) is 17.3 Å². The number of aromatic carboxylic acids is 1. The van der Waals surface area contributed by atoms with Gasteiger partial charge in [0.2, 0.25) is 0 Å². The number of halogens is 1. The number of sulfone groups is 1. The lowest BCUT2D eigenvalue weighted by molar-refractivity contribution is 0.0698. The highest BCUT2D eigenvalue weighted by Gasteiger charge is 2.16. The fourth-order valence-corrected chi connectivity index (χ4v) is 2.84. The van der Waals surface area contributed by atoms with Crippen LogP contribution >= 0.6 is 11.6 Å². The summed E-state index contributed by atoms with van der Waals surface area (Å²) < 4.78 is 22.2. The lowest BCUT2D eigenvalue weighted by Gasteiger charge is -2.14. The van der Waals surface area contributed by atoms with Crippen molar-refractivity contribution in [2.24, 2.45) is 0 Å². The second-order valence-corrected chi connectivity index (χ2v) is 7.21. The van der Waals surface area contributed by atoms with E-state index in [0.717, 1.165) is 6.26 Å². The molecule has 1 aromatic carbocycles. The van der Waals surface area contributed by atoms with Crippen LogP contribution in [0.2, 0.25) is 5.02 Å². The zero-order chi connectivity index (χ0) is 16.2. The van der Waals surface area contributed by atoms with Crippen LogP contribution < -0.4 is 10.6 Å². The number of anilines is 1. The van der Waals surface area contributed by atoms with Crippen LogP contribution in [0.4, 0.5) is 10.5 Å². The van der Waals surface area contributed by atoms with E-state index in [1.54, 1.807) is 0 Å². The third-order valence-corrected chi connectivity index (χ3v) is 3.73. The molecule has 0 aromatic heterocycles. The fourth-order valence-electron chi connectivity index (χ4n) is 1.68. The number of carbonyl (C=O) groups is 2. The van der Waals surface area contributed by atoms with Gasteiger partial charge in [-0.15, -0.1) is 0 Å². The summed E-state index contributed by atoms with van der Waals surface area (Å²) in [5.41, 5.74) is -0.0932. The van der Waals surface area contributed by atoms with Crippen molar-refractivity contribution >= 4 is 39.1 Å². The zero-order valence-electron chi connectivity index (χ0n) is 11.4. The molecule has 3 N–H and O–H groups in total. The number of rotatable bonds is 5. The molecular weight excluding hydrogens is 320 g/mol. The first-order valence-corrected chi connectivity index (χ1v) is 8.30. The predicted molar refractivity (Wildman–Crippen MR) is 79.7 cm³/mol. The first kappa shape index (κ1) is 17.3. The smallest absolute Gasteiger partial charge is 0.337 e. The van der Waals surface area contributed by atoms with Crippen LogP contribution in [0.5, 0.6) is 0 Å². The van der Waals surface area contributed by atoms with Crippen LogP contribution in [0.25, 0.3) is 0 Å².